The van der Waals surface area contributed by atoms with Gasteiger partial charge in [-0.3, -0.25) is 23.8 Å². The fourth-order valence-electron chi connectivity index (χ4n) is 6.91. The first-order valence-electron chi connectivity index (χ1n) is 25.5. The highest BCUT2D eigenvalue weighted by Gasteiger charge is 2.34. The molecule has 0 atom stereocenters. The zero-order valence-electron chi connectivity index (χ0n) is 44.3. The molecule has 0 fully saturated rings. The summed E-state index contributed by atoms with van der Waals surface area (Å²) in [7, 11) is -5.65. The third-order valence-electron chi connectivity index (χ3n) is 10.7. The monoisotopic (exact) mass is 1150 g/mol. The van der Waals surface area contributed by atoms with Crippen molar-refractivity contribution in [2.75, 3.05) is 152 Å². The number of aliphatic imine (C=N–C) groups is 1. The Labute approximate surface area is 456 Å². The molecule has 2 amide bonds. The van der Waals surface area contributed by atoms with E-state index in [2.05, 4.69) is 15.0 Å². The summed E-state index contributed by atoms with van der Waals surface area (Å²) >= 11 is 0. The number of carbonyl (C=O) groups is 3. The first-order valence-corrected chi connectivity index (χ1v) is 26.9. The summed E-state index contributed by atoms with van der Waals surface area (Å²) in [6.07, 6.45) is 2.20. The van der Waals surface area contributed by atoms with E-state index < -0.39 is 56.4 Å². The van der Waals surface area contributed by atoms with Crippen molar-refractivity contribution in [2.24, 2.45) is 10.7 Å². The second-order valence-corrected chi connectivity index (χ2v) is 18.0. The molecule has 0 aromatic heterocycles. The smallest absolute Gasteiger partial charge is 0.313 e. The van der Waals surface area contributed by atoms with Crippen LogP contribution < -0.4 is 15.8 Å². The van der Waals surface area contributed by atoms with E-state index in [0.717, 1.165) is 23.1 Å². The predicted molar refractivity (Wildman–Crippen MR) is 276 cm³/mol. The molecule has 0 saturated heterocycles. The third kappa shape index (κ3) is 24.4. The number of fused-ring (bicyclic) bond motifs is 1. The van der Waals surface area contributed by atoms with Gasteiger partial charge in [0.2, 0.25) is 17.4 Å². The van der Waals surface area contributed by atoms with Gasteiger partial charge >= 0.3 is 16.1 Å². The lowest BCUT2D eigenvalue weighted by Crippen LogP contribution is -2.34. The Morgan fingerprint density at radius 2 is 1.08 bits per heavy atom. The second kappa shape index (κ2) is 37.4. The van der Waals surface area contributed by atoms with E-state index in [1.807, 2.05) is 50.3 Å². The quantitative estimate of drug-likeness (QED) is 0.0128. The van der Waals surface area contributed by atoms with Gasteiger partial charge in [0.1, 0.15) is 5.84 Å². The number of carbonyl (C=O) groups excluding carboxylic acids is 3. The zero-order chi connectivity index (χ0) is 57.3. The molecular weight excluding hydrogens is 1080 g/mol. The molecule has 3 aromatic carbocycles. The van der Waals surface area contributed by atoms with Crippen molar-refractivity contribution in [2.45, 2.75) is 38.0 Å². The molecule has 0 aliphatic carbocycles. The van der Waals surface area contributed by atoms with Crippen LogP contribution in [0.5, 0.6) is 5.75 Å². The van der Waals surface area contributed by atoms with Crippen LogP contribution in [0.3, 0.4) is 0 Å². The Morgan fingerprint density at radius 3 is 1.52 bits per heavy atom. The standard InChI is InChI=1S/C52H70F4N4O18S/c1-3-13-60(77-4-2)52(63)41-34-40-10-9-39(35-42(40)59-43(57)36-41)37-5-7-38(8-6-37)51(62)58-12-15-68-17-19-70-21-23-72-25-27-74-29-31-76-33-32-75-30-28-73-26-24-71-22-20-69-18-16-67-14-11-44(61)78-49-45(53)47(55)50(79(64,65)66)48(56)46(49)54/h5-10,34-35H,3-4,11-33,36H2,1-2H3,(H2,57,59)(H,58,62)(H,64,65,66). The number of rotatable bonds is 42. The molecule has 3 aromatic rings. The Morgan fingerprint density at radius 1 is 0.633 bits per heavy atom. The molecule has 1 aliphatic rings. The summed E-state index contributed by atoms with van der Waals surface area (Å²) in [6.45, 7) is 10.9. The van der Waals surface area contributed by atoms with E-state index >= 15 is 0 Å². The Bertz CT molecular complexity index is 2490. The van der Waals surface area contributed by atoms with Crippen LogP contribution in [-0.4, -0.2) is 193 Å². The van der Waals surface area contributed by atoms with E-state index in [1.165, 1.54) is 5.06 Å². The van der Waals surface area contributed by atoms with Gasteiger partial charge in [-0.1, -0.05) is 31.2 Å². The van der Waals surface area contributed by atoms with E-state index in [1.54, 1.807) is 12.1 Å². The fourth-order valence-corrected chi connectivity index (χ4v) is 7.55. The van der Waals surface area contributed by atoms with Gasteiger partial charge in [-0.05, 0) is 48.7 Å². The molecule has 4 N–H and O–H groups in total. The van der Waals surface area contributed by atoms with Crippen LogP contribution in [0.15, 0.2) is 57.9 Å². The van der Waals surface area contributed by atoms with Crippen LogP contribution in [-0.2, 0) is 71.9 Å². The Balaban J connectivity index is 0.863. The number of nitrogens with zero attached hydrogens (tertiary/aromatic N) is 2. The molecule has 27 heteroatoms. The van der Waals surface area contributed by atoms with Crippen LogP contribution in [0.2, 0.25) is 0 Å². The van der Waals surface area contributed by atoms with E-state index in [9.17, 15) is 40.4 Å². The van der Waals surface area contributed by atoms with Crippen molar-refractivity contribution < 1.29 is 102 Å². The summed E-state index contributed by atoms with van der Waals surface area (Å²) in [5, 5.41) is 4.23. The summed E-state index contributed by atoms with van der Waals surface area (Å²) < 4.78 is 145. The van der Waals surface area contributed by atoms with Crippen molar-refractivity contribution in [3.8, 4) is 16.9 Å². The van der Waals surface area contributed by atoms with Crippen molar-refractivity contribution in [3.05, 3.63) is 82.4 Å². The van der Waals surface area contributed by atoms with Gasteiger partial charge in [-0.2, -0.15) is 17.2 Å². The molecule has 22 nitrogen and oxygen atoms in total. The molecule has 1 heterocycles. The van der Waals surface area contributed by atoms with E-state index in [0.29, 0.717) is 141 Å². The molecule has 79 heavy (non-hydrogen) atoms. The molecule has 1 aliphatic heterocycles. The molecular formula is C52H70F4N4O18S. The van der Waals surface area contributed by atoms with Gasteiger partial charge in [-0.25, -0.2) is 18.8 Å². The van der Waals surface area contributed by atoms with Crippen LogP contribution in [0.4, 0.5) is 23.2 Å². The SMILES string of the molecule is CCCN(OCC)C(=O)C1=Cc2ccc(-c3ccc(C(=O)NCCOCCOCCOCCOCCOCCOCCOCCOCCOCCOCCC(=O)Oc4c(F)c(F)c(S(=O)(=O)O)c(F)c4F)cc3)cc2N=C(N)C1. The lowest BCUT2D eigenvalue weighted by molar-refractivity contribution is -0.180. The van der Waals surface area contributed by atoms with Crippen molar-refractivity contribution in [3.63, 3.8) is 0 Å². The second-order valence-electron chi connectivity index (χ2n) is 16.6. The number of amides is 2. The van der Waals surface area contributed by atoms with Gasteiger partial charge in [0, 0.05) is 36.2 Å². The molecule has 440 valence electrons. The van der Waals surface area contributed by atoms with Gasteiger partial charge in [-0.15, -0.1) is 0 Å². The Kier molecular flexibility index (Phi) is 31.2. The highest BCUT2D eigenvalue weighted by Crippen LogP contribution is 2.34. The topological polar surface area (TPSA) is 270 Å². The number of hydrogen-bond acceptors (Lipinski definition) is 19. The van der Waals surface area contributed by atoms with Crippen LogP contribution in [0.1, 0.15) is 49.0 Å². The van der Waals surface area contributed by atoms with Gasteiger partial charge in [0.15, 0.2) is 16.5 Å². The molecule has 0 radical (unpaired) electrons. The highest BCUT2D eigenvalue weighted by molar-refractivity contribution is 7.85. The van der Waals surface area contributed by atoms with E-state index in [4.69, 9.17) is 62.5 Å². The summed E-state index contributed by atoms with van der Waals surface area (Å²) in [5.41, 5.74) is 10.4. The van der Waals surface area contributed by atoms with Gasteiger partial charge in [0.25, 0.3) is 11.8 Å². The number of nitrogens with one attached hydrogen (secondary N) is 1. The van der Waals surface area contributed by atoms with Crippen LogP contribution in [0.25, 0.3) is 17.2 Å². The average molecular weight is 1150 g/mol. The average Bonchev–Trinajstić information content (AvgIpc) is 3.63. The largest absolute Gasteiger partial charge is 0.420 e. The number of benzene rings is 3. The number of hydrogen-bond donors (Lipinski definition) is 3. The van der Waals surface area contributed by atoms with Crippen molar-refractivity contribution >= 4 is 45.5 Å². The van der Waals surface area contributed by atoms with Crippen molar-refractivity contribution in [1.29, 1.82) is 0 Å². The zero-order valence-corrected chi connectivity index (χ0v) is 45.1. The number of amidine groups is 1. The maximum Gasteiger partial charge on any atom is 0.313 e. The normalized spacial score (nSPS) is 12.4. The predicted octanol–water partition coefficient (Wildman–Crippen LogP) is 5.01. The summed E-state index contributed by atoms with van der Waals surface area (Å²) in [5.74, 6) is -12.8. The van der Waals surface area contributed by atoms with Crippen LogP contribution >= 0.6 is 0 Å². The molecule has 0 saturated carbocycles. The minimum absolute atomic E-state index is 0.0171. The van der Waals surface area contributed by atoms with Crippen LogP contribution in [0, 0.1) is 23.3 Å². The number of halogens is 4. The van der Waals surface area contributed by atoms with Crippen molar-refractivity contribution in [1.82, 2.24) is 10.4 Å². The Hall–Kier alpha value is -5.53. The molecule has 0 spiro atoms. The number of ether oxygens (including phenoxy) is 11. The maximum atomic E-state index is 14.0. The lowest BCUT2D eigenvalue weighted by Gasteiger charge is -2.21. The molecule has 0 bridgehead atoms. The fraction of sp³-hybridized carbons (Fsp3) is 0.538. The maximum absolute atomic E-state index is 14.0. The van der Waals surface area contributed by atoms with E-state index in [-0.39, 0.29) is 51.3 Å². The number of esters is 1. The van der Waals surface area contributed by atoms with Gasteiger partial charge in [0.05, 0.1) is 151 Å². The summed E-state index contributed by atoms with van der Waals surface area (Å²) in [6, 6.07) is 13.0. The number of nitrogens with two attached hydrogens (primary N) is 1. The molecule has 0 unspecified atom stereocenters. The highest BCUT2D eigenvalue weighted by atomic mass is 32.2. The third-order valence-corrected chi connectivity index (χ3v) is 11.6. The van der Waals surface area contributed by atoms with Gasteiger partial charge < -0.3 is 63.2 Å². The number of hydroxylamine groups is 2. The minimum atomic E-state index is -5.65. The summed E-state index contributed by atoms with van der Waals surface area (Å²) in [4.78, 5) is 45.7. The first-order chi connectivity index (χ1) is 38.2. The first kappa shape index (κ1) is 66.0. The molecule has 4 rings (SSSR count). The minimum Gasteiger partial charge on any atom is -0.420 e. The lowest BCUT2D eigenvalue weighted by atomic mass is 10.00.